The van der Waals surface area contributed by atoms with Crippen molar-refractivity contribution in [3.05, 3.63) is 47.7 Å². The molecule has 27 heavy (non-hydrogen) atoms. The minimum Gasteiger partial charge on any atom is -0.497 e. The molecule has 0 aliphatic carbocycles. The van der Waals surface area contributed by atoms with Gasteiger partial charge in [0.15, 0.2) is 0 Å². The number of aromatic amines is 1. The third kappa shape index (κ3) is 2.68. The number of nitrogens with one attached hydrogen (secondary N) is 2. The standard InChI is InChI=1S/C21H24N4O2/c1-24(2)21-23-19-6-4-13(10-20(19)27-21)25-9-8-18-16(12-25)15-11-14(26-3)5-7-17(15)22-18/h4-7,10-11,21-23H,8-9,12H2,1-3H3. The van der Waals surface area contributed by atoms with E-state index in [0.29, 0.717) is 0 Å². The molecule has 2 aliphatic heterocycles. The molecule has 6 heteroatoms. The summed E-state index contributed by atoms with van der Waals surface area (Å²) in [6.07, 6.45) is 0.896. The molecule has 0 saturated heterocycles. The van der Waals surface area contributed by atoms with Crippen molar-refractivity contribution in [2.75, 3.05) is 38.0 Å². The number of fused-ring (bicyclic) bond motifs is 4. The molecule has 5 rings (SSSR count). The lowest BCUT2D eigenvalue weighted by atomic mass is 10.0. The summed E-state index contributed by atoms with van der Waals surface area (Å²) in [6.45, 7) is 1.87. The molecule has 0 spiro atoms. The number of ether oxygens (including phenoxy) is 2. The van der Waals surface area contributed by atoms with Crippen LogP contribution < -0.4 is 19.7 Å². The Kier molecular flexibility index (Phi) is 3.68. The van der Waals surface area contributed by atoms with Gasteiger partial charge in [-0.1, -0.05) is 0 Å². The summed E-state index contributed by atoms with van der Waals surface area (Å²) >= 11 is 0. The van der Waals surface area contributed by atoms with Crippen molar-refractivity contribution in [2.24, 2.45) is 0 Å². The van der Waals surface area contributed by atoms with E-state index in [1.165, 1.54) is 27.8 Å². The molecule has 1 atom stereocenters. The number of rotatable bonds is 3. The molecule has 3 aromatic rings. The van der Waals surface area contributed by atoms with E-state index in [9.17, 15) is 0 Å². The normalized spacial score (nSPS) is 18.2. The van der Waals surface area contributed by atoms with Gasteiger partial charge in [-0.3, -0.25) is 4.90 Å². The van der Waals surface area contributed by atoms with Crippen LogP contribution in [0.3, 0.4) is 0 Å². The third-order valence-electron chi connectivity index (χ3n) is 5.50. The minimum atomic E-state index is -0.107. The van der Waals surface area contributed by atoms with Gasteiger partial charge in [-0.05, 0) is 44.4 Å². The van der Waals surface area contributed by atoms with Crippen LogP contribution in [0.5, 0.6) is 11.5 Å². The molecule has 0 amide bonds. The molecule has 6 nitrogen and oxygen atoms in total. The Labute approximate surface area is 158 Å². The second-order valence-electron chi connectivity index (χ2n) is 7.42. The Morgan fingerprint density at radius 2 is 2.07 bits per heavy atom. The molecule has 2 aromatic carbocycles. The van der Waals surface area contributed by atoms with Gasteiger partial charge in [-0.15, -0.1) is 0 Å². The number of anilines is 2. The van der Waals surface area contributed by atoms with Crippen LogP contribution in [-0.2, 0) is 13.0 Å². The molecule has 2 aliphatic rings. The molecule has 2 N–H and O–H groups in total. The van der Waals surface area contributed by atoms with Crippen molar-refractivity contribution in [3.63, 3.8) is 0 Å². The highest BCUT2D eigenvalue weighted by molar-refractivity contribution is 5.87. The molecule has 3 heterocycles. The fourth-order valence-electron chi connectivity index (χ4n) is 3.98. The molecule has 140 valence electrons. The number of hydrogen-bond acceptors (Lipinski definition) is 5. The van der Waals surface area contributed by atoms with Crippen LogP contribution in [0.4, 0.5) is 11.4 Å². The zero-order valence-corrected chi connectivity index (χ0v) is 15.9. The van der Waals surface area contributed by atoms with E-state index in [-0.39, 0.29) is 6.35 Å². The van der Waals surface area contributed by atoms with E-state index in [1.807, 2.05) is 25.1 Å². The Balaban J connectivity index is 1.45. The lowest BCUT2D eigenvalue weighted by molar-refractivity contribution is 0.105. The van der Waals surface area contributed by atoms with E-state index in [4.69, 9.17) is 9.47 Å². The van der Waals surface area contributed by atoms with Gasteiger partial charge >= 0.3 is 0 Å². The minimum absolute atomic E-state index is 0.107. The molecular weight excluding hydrogens is 340 g/mol. The van der Waals surface area contributed by atoms with E-state index in [1.54, 1.807) is 7.11 Å². The highest BCUT2D eigenvalue weighted by Gasteiger charge is 2.26. The van der Waals surface area contributed by atoms with E-state index < -0.39 is 0 Å². The average molecular weight is 364 g/mol. The molecular formula is C21H24N4O2. The molecule has 0 radical (unpaired) electrons. The first-order valence-electron chi connectivity index (χ1n) is 9.28. The number of hydrogen-bond donors (Lipinski definition) is 2. The van der Waals surface area contributed by atoms with Gasteiger partial charge in [0.05, 0.1) is 12.8 Å². The van der Waals surface area contributed by atoms with E-state index in [0.717, 1.165) is 36.7 Å². The fourth-order valence-corrected chi connectivity index (χ4v) is 3.98. The summed E-state index contributed by atoms with van der Waals surface area (Å²) in [6, 6.07) is 12.7. The van der Waals surface area contributed by atoms with Gasteiger partial charge in [-0.2, -0.15) is 0 Å². The molecule has 0 fully saturated rings. The summed E-state index contributed by atoms with van der Waals surface area (Å²) < 4.78 is 11.4. The number of nitrogens with zero attached hydrogens (tertiary/aromatic N) is 2. The Morgan fingerprint density at radius 3 is 2.89 bits per heavy atom. The molecule has 0 bridgehead atoms. The Bertz CT molecular complexity index is 1010. The molecule has 1 unspecified atom stereocenters. The van der Waals surface area contributed by atoms with Crippen LogP contribution in [0.25, 0.3) is 10.9 Å². The monoisotopic (exact) mass is 364 g/mol. The van der Waals surface area contributed by atoms with Crippen LogP contribution >= 0.6 is 0 Å². The van der Waals surface area contributed by atoms with Gasteiger partial charge in [0.2, 0.25) is 6.35 Å². The second-order valence-corrected chi connectivity index (χ2v) is 7.42. The maximum Gasteiger partial charge on any atom is 0.229 e. The lowest BCUT2D eigenvalue weighted by Gasteiger charge is -2.29. The van der Waals surface area contributed by atoms with Crippen molar-refractivity contribution in [3.8, 4) is 11.5 Å². The zero-order valence-electron chi connectivity index (χ0n) is 15.9. The van der Waals surface area contributed by atoms with E-state index >= 15 is 0 Å². The zero-order chi connectivity index (χ0) is 18.5. The smallest absolute Gasteiger partial charge is 0.229 e. The topological polar surface area (TPSA) is 52.8 Å². The van der Waals surface area contributed by atoms with Crippen molar-refractivity contribution in [1.82, 2.24) is 9.88 Å². The van der Waals surface area contributed by atoms with Gasteiger partial charge in [-0.25, -0.2) is 0 Å². The molecule has 0 saturated carbocycles. The first-order valence-corrected chi connectivity index (χ1v) is 9.28. The Hall–Kier alpha value is -2.86. The summed E-state index contributed by atoms with van der Waals surface area (Å²) in [4.78, 5) is 8.02. The average Bonchev–Trinajstić information content (AvgIpc) is 3.27. The van der Waals surface area contributed by atoms with Crippen molar-refractivity contribution >= 4 is 22.3 Å². The number of H-pyrrole nitrogens is 1. The Morgan fingerprint density at radius 1 is 1.19 bits per heavy atom. The number of benzene rings is 2. The van der Waals surface area contributed by atoms with Crippen molar-refractivity contribution in [2.45, 2.75) is 19.3 Å². The van der Waals surface area contributed by atoms with Gasteiger partial charge in [0.25, 0.3) is 0 Å². The van der Waals surface area contributed by atoms with Crippen LogP contribution in [0.15, 0.2) is 36.4 Å². The summed E-state index contributed by atoms with van der Waals surface area (Å²) in [7, 11) is 5.72. The summed E-state index contributed by atoms with van der Waals surface area (Å²) in [5, 5.41) is 4.63. The van der Waals surface area contributed by atoms with Gasteiger partial charge < -0.3 is 24.7 Å². The highest BCUT2D eigenvalue weighted by atomic mass is 16.5. The van der Waals surface area contributed by atoms with Gasteiger partial charge in [0.1, 0.15) is 11.5 Å². The fraction of sp³-hybridized carbons (Fsp3) is 0.333. The largest absolute Gasteiger partial charge is 0.497 e. The number of methoxy groups -OCH3 is 1. The van der Waals surface area contributed by atoms with Crippen LogP contribution in [0.1, 0.15) is 11.3 Å². The summed E-state index contributed by atoms with van der Waals surface area (Å²) in [5.41, 5.74) is 6.12. The predicted molar refractivity (Wildman–Crippen MR) is 108 cm³/mol. The van der Waals surface area contributed by atoms with Crippen LogP contribution in [0, 0.1) is 0 Å². The van der Waals surface area contributed by atoms with Crippen molar-refractivity contribution < 1.29 is 9.47 Å². The van der Waals surface area contributed by atoms with Crippen LogP contribution in [-0.4, -0.2) is 44.0 Å². The van der Waals surface area contributed by atoms with Gasteiger partial charge in [0, 0.05) is 53.4 Å². The number of aromatic nitrogens is 1. The highest BCUT2D eigenvalue weighted by Crippen LogP contribution is 2.38. The van der Waals surface area contributed by atoms with Crippen molar-refractivity contribution in [1.29, 1.82) is 0 Å². The lowest BCUT2D eigenvalue weighted by Crippen LogP contribution is -2.36. The third-order valence-corrected chi connectivity index (χ3v) is 5.50. The maximum atomic E-state index is 6.02. The first kappa shape index (κ1) is 16.3. The second kappa shape index (κ2) is 6.09. The summed E-state index contributed by atoms with van der Waals surface area (Å²) in [5.74, 6) is 1.81. The SMILES string of the molecule is COc1ccc2[nH]c3c(c2c1)CN(c1ccc2c(c1)OC(N(C)C)N2)CC3. The van der Waals surface area contributed by atoms with Crippen LogP contribution in [0.2, 0.25) is 0 Å². The quantitative estimate of drug-likeness (QED) is 0.746. The predicted octanol–water partition coefficient (Wildman–Crippen LogP) is 3.39. The maximum absolute atomic E-state index is 6.02. The molecule has 1 aromatic heterocycles. The van der Waals surface area contributed by atoms with E-state index in [2.05, 4.69) is 45.5 Å². The first-order chi connectivity index (χ1) is 13.1.